The molecule has 1 aliphatic rings. The maximum absolute atomic E-state index is 12.3. The number of aryl methyl sites for hydroxylation is 1. The van der Waals surface area contributed by atoms with Gasteiger partial charge in [0.1, 0.15) is 11.9 Å². The van der Waals surface area contributed by atoms with Gasteiger partial charge >= 0.3 is 5.97 Å². The van der Waals surface area contributed by atoms with Crippen LogP contribution in [0.3, 0.4) is 0 Å². The van der Waals surface area contributed by atoms with E-state index >= 15 is 0 Å². The Labute approximate surface area is 145 Å². The molecule has 1 aromatic carbocycles. The maximum atomic E-state index is 12.3. The number of para-hydroxylation sites is 1. The number of esters is 1. The zero-order chi connectivity index (χ0) is 17.1. The average Bonchev–Trinajstić information content (AvgIpc) is 3.09. The summed E-state index contributed by atoms with van der Waals surface area (Å²) in [7, 11) is 2.00. The highest BCUT2D eigenvalue weighted by Gasteiger charge is 2.36. The van der Waals surface area contributed by atoms with Crippen LogP contribution < -0.4 is 0 Å². The number of benzene rings is 1. The van der Waals surface area contributed by atoms with E-state index in [1.807, 2.05) is 26.1 Å². The fourth-order valence-corrected chi connectivity index (χ4v) is 4.17. The first-order valence-electron chi connectivity index (χ1n) is 8.22. The van der Waals surface area contributed by atoms with Crippen LogP contribution in [0.1, 0.15) is 30.7 Å². The van der Waals surface area contributed by atoms with Gasteiger partial charge in [-0.3, -0.25) is 9.59 Å². The molecule has 1 saturated heterocycles. The lowest BCUT2D eigenvalue weighted by atomic mass is 10.1. The van der Waals surface area contributed by atoms with Gasteiger partial charge < -0.3 is 14.2 Å². The molecule has 0 radical (unpaired) electrons. The summed E-state index contributed by atoms with van der Waals surface area (Å²) in [6.07, 6.45) is 3.88. The van der Waals surface area contributed by atoms with Crippen LogP contribution in [-0.4, -0.2) is 40.2 Å². The number of rotatable bonds is 6. The summed E-state index contributed by atoms with van der Waals surface area (Å²) in [6.45, 7) is 2.48. The highest BCUT2D eigenvalue weighted by molar-refractivity contribution is 8.00. The number of ether oxygens (including phenoxy) is 1. The molecule has 24 heavy (non-hydrogen) atoms. The first-order chi connectivity index (χ1) is 11.6. The first kappa shape index (κ1) is 16.9. The van der Waals surface area contributed by atoms with E-state index in [1.54, 1.807) is 16.7 Å². The highest BCUT2D eigenvalue weighted by atomic mass is 32.2. The third-order valence-corrected chi connectivity index (χ3v) is 5.46. The minimum Gasteiger partial charge on any atom is -0.464 e. The number of carbonyl (C=O) groups excluding carboxylic acids is 2. The number of hydrogen-bond acceptors (Lipinski definition) is 4. The Morgan fingerprint density at radius 2 is 2.17 bits per heavy atom. The predicted molar refractivity (Wildman–Crippen MR) is 95.7 cm³/mol. The molecule has 1 amide bonds. The Bertz CT molecular complexity index is 756. The second-order valence-corrected chi connectivity index (χ2v) is 7.04. The first-order valence-corrected chi connectivity index (χ1v) is 9.27. The van der Waals surface area contributed by atoms with Crippen molar-refractivity contribution in [1.82, 2.24) is 9.47 Å². The standard InChI is InChI=1S/C18H22N2O3S/c1-3-4-9-23-17(22)11-20-16(21)12-24-18(20)14-10-19(2)15-8-6-5-7-13(14)15/h5-8,10,18H,3-4,9,11-12H2,1-2H3. The molecule has 0 saturated carbocycles. The lowest BCUT2D eigenvalue weighted by Crippen LogP contribution is -2.34. The van der Waals surface area contributed by atoms with Crippen LogP contribution in [0.5, 0.6) is 0 Å². The summed E-state index contributed by atoms with van der Waals surface area (Å²) < 4.78 is 7.28. The van der Waals surface area contributed by atoms with Crippen molar-refractivity contribution in [2.45, 2.75) is 25.1 Å². The van der Waals surface area contributed by atoms with Crippen LogP contribution in [-0.2, 0) is 21.4 Å². The van der Waals surface area contributed by atoms with Crippen LogP contribution in [0, 0.1) is 0 Å². The van der Waals surface area contributed by atoms with Crippen molar-refractivity contribution in [2.75, 3.05) is 18.9 Å². The molecular weight excluding hydrogens is 324 g/mol. The molecule has 2 aromatic rings. The van der Waals surface area contributed by atoms with Gasteiger partial charge in [0.25, 0.3) is 0 Å². The highest BCUT2D eigenvalue weighted by Crippen LogP contribution is 2.41. The molecule has 2 heterocycles. The van der Waals surface area contributed by atoms with E-state index < -0.39 is 0 Å². The Morgan fingerprint density at radius 3 is 2.96 bits per heavy atom. The number of thioether (sulfide) groups is 1. The van der Waals surface area contributed by atoms with Crippen molar-refractivity contribution in [1.29, 1.82) is 0 Å². The van der Waals surface area contributed by atoms with E-state index in [9.17, 15) is 9.59 Å². The molecule has 3 rings (SSSR count). The van der Waals surface area contributed by atoms with Gasteiger partial charge in [0.15, 0.2) is 0 Å². The zero-order valence-electron chi connectivity index (χ0n) is 14.0. The third kappa shape index (κ3) is 3.29. The molecule has 0 bridgehead atoms. The fourth-order valence-electron chi connectivity index (χ4n) is 2.97. The molecule has 1 aliphatic heterocycles. The molecule has 5 nitrogen and oxygen atoms in total. The van der Waals surface area contributed by atoms with Crippen LogP contribution >= 0.6 is 11.8 Å². The average molecular weight is 346 g/mol. The van der Waals surface area contributed by atoms with E-state index in [-0.39, 0.29) is 23.8 Å². The number of fused-ring (bicyclic) bond motifs is 1. The SMILES string of the molecule is CCCCOC(=O)CN1C(=O)CSC1c1cn(C)c2ccccc12. The molecule has 0 aliphatic carbocycles. The largest absolute Gasteiger partial charge is 0.464 e. The van der Waals surface area contributed by atoms with Gasteiger partial charge in [0.2, 0.25) is 5.91 Å². The number of aromatic nitrogens is 1. The van der Waals surface area contributed by atoms with E-state index in [1.165, 1.54) is 0 Å². The van der Waals surface area contributed by atoms with E-state index in [4.69, 9.17) is 4.74 Å². The summed E-state index contributed by atoms with van der Waals surface area (Å²) >= 11 is 1.57. The van der Waals surface area contributed by atoms with Crippen molar-refractivity contribution < 1.29 is 14.3 Å². The van der Waals surface area contributed by atoms with Gasteiger partial charge in [-0.25, -0.2) is 0 Å². The molecular formula is C18H22N2O3S. The van der Waals surface area contributed by atoms with Gasteiger partial charge in [-0.1, -0.05) is 31.5 Å². The number of unbranched alkanes of at least 4 members (excludes halogenated alkanes) is 1. The monoisotopic (exact) mass is 346 g/mol. The molecule has 6 heteroatoms. The summed E-state index contributed by atoms with van der Waals surface area (Å²) in [5.41, 5.74) is 2.20. The van der Waals surface area contributed by atoms with E-state index in [0.717, 1.165) is 29.3 Å². The summed E-state index contributed by atoms with van der Waals surface area (Å²) in [4.78, 5) is 25.9. The third-order valence-electron chi connectivity index (χ3n) is 4.22. The fraction of sp³-hybridized carbons (Fsp3) is 0.444. The summed E-state index contributed by atoms with van der Waals surface area (Å²) in [5.74, 6) is 0.0609. The van der Waals surface area contributed by atoms with Gasteiger partial charge in [0, 0.05) is 29.7 Å². The van der Waals surface area contributed by atoms with Crippen molar-refractivity contribution in [3.63, 3.8) is 0 Å². The molecule has 1 fully saturated rings. The smallest absolute Gasteiger partial charge is 0.325 e. The number of hydrogen-bond donors (Lipinski definition) is 0. The summed E-state index contributed by atoms with van der Waals surface area (Å²) in [6, 6.07) is 8.12. The Morgan fingerprint density at radius 1 is 1.38 bits per heavy atom. The second-order valence-electron chi connectivity index (χ2n) is 5.97. The van der Waals surface area contributed by atoms with Gasteiger partial charge in [-0.2, -0.15) is 0 Å². The Hall–Kier alpha value is -1.95. The Balaban J connectivity index is 1.81. The van der Waals surface area contributed by atoms with E-state index in [0.29, 0.717) is 12.4 Å². The van der Waals surface area contributed by atoms with Crippen LogP contribution in [0.15, 0.2) is 30.5 Å². The minimum atomic E-state index is -0.329. The lowest BCUT2D eigenvalue weighted by molar-refractivity contribution is -0.148. The van der Waals surface area contributed by atoms with Crippen LogP contribution in [0.4, 0.5) is 0 Å². The number of amides is 1. The quantitative estimate of drug-likeness (QED) is 0.596. The van der Waals surface area contributed by atoms with Crippen molar-refractivity contribution in [3.8, 4) is 0 Å². The minimum absolute atomic E-state index is 0.00891. The van der Waals surface area contributed by atoms with Gasteiger partial charge in [0.05, 0.1) is 12.4 Å². The normalized spacial score (nSPS) is 17.7. The molecule has 0 spiro atoms. The lowest BCUT2D eigenvalue weighted by Gasteiger charge is -2.22. The predicted octanol–water partition coefficient (Wildman–Crippen LogP) is 3.10. The Kier molecular flexibility index (Phi) is 5.14. The topological polar surface area (TPSA) is 51.5 Å². The molecule has 1 atom stereocenters. The molecule has 1 aromatic heterocycles. The molecule has 1 unspecified atom stereocenters. The second kappa shape index (κ2) is 7.30. The van der Waals surface area contributed by atoms with Gasteiger partial charge in [-0.05, 0) is 12.5 Å². The molecule has 128 valence electrons. The zero-order valence-corrected chi connectivity index (χ0v) is 14.8. The van der Waals surface area contributed by atoms with Crippen LogP contribution in [0.2, 0.25) is 0 Å². The number of nitrogens with zero attached hydrogens (tertiary/aromatic N) is 2. The van der Waals surface area contributed by atoms with Crippen molar-refractivity contribution in [3.05, 3.63) is 36.0 Å². The van der Waals surface area contributed by atoms with Crippen molar-refractivity contribution in [2.24, 2.45) is 7.05 Å². The van der Waals surface area contributed by atoms with Gasteiger partial charge in [-0.15, -0.1) is 11.8 Å². The van der Waals surface area contributed by atoms with E-state index in [2.05, 4.69) is 22.9 Å². The molecule has 0 N–H and O–H groups in total. The van der Waals surface area contributed by atoms with Crippen LogP contribution in [0.25, 0.3) is 10.9 Å². The number of carbonyl (C=O) groups is 2. The van der Waals surface area contributed by atoms with Crippen molar-refractivity contribution >= 4 is 34.5 Å². The summed E-state index contributed by atoms with van der Waals surface area (Å²) in [5, 5.41) is 0.985. The maximum Gasteiger partial charge on any atom is 0.325 e.